The van der Waals surface area contributed by atoms with Crippen LogP contribution in [0.1, 0.15) is 19.3 Å². The fourth-order valence-electron chi connectivity index (χ4n) is 2.15. The minimum absolute atomic E-state index is 0.0318. The van der Waals surface area contributed by atoms with E-state index in [4.69, 9.17) is 10.5 Å². The van der Waals surface area contributed by atoms with E-state index in [1.165, 1.54) is 0 Å². The van der Waals surface area contributed by atoms with Crippen molar-refractivity contribution in [1.29, 1.82) is 0 Å². The van der Waals surface area contributed by atoms with Crippen molar-refractivity contribution in [1.82, 2.24) is 10.2 Å². The average Bonchev–Trinajstić information content (AvgIpc) is 2.72. The highest BCUT2D eigenvalue weighted by Crippen LogP contribution is 2.12. The van der Waals surface area contributed by atoms with Gasteiger partial charge in [-0.25, -0.2) is 0 Å². The Morgan fingerprint density at radius 1 is 1.65 bits per heavy atom. The summed E-state index contributed by atoms with van der Waals surface area (Å²) in [5.41, 5.74) is 5.79. The van der Waals surface area contributed by atoms with E-state index in [1.807, 2.05) is 0 Å². The molecule has 2 unspecified atom stereocenters. The maximum atomic E-state index is 11.7. The van der Waals surface area contributed by atoms with Gasteiger partial charge in [-0.1, -0.05) is 0 Å². The Morgan fingerprint density at radius 2 is 2.41 bits per heavy atom. The number of rotatable bonds is 7. The average molecular weight is 243 g/mol. The second-order valence-corrected chi connectivity index (χ2v) is 4.90. The summed E-state index contributed by atoms with van der Waals surface area (Å²) in [5, 5.41) is 2.94. The topological polar surface area (TPSA) is 67.6 Å². The summed E-state index contributed by atoms with van der Waals surface area (Å²) >= 11 is 0. The van der Waals surface area contributed by atoms with Crippen molar-refractivity contribution in [3.63, 3.8) is 0 Å². The normalized spacial score (nSPS) is 22.6. The van der Waals surface area contributed by atoms with Gasteiger partial charge in [0, 0.05) is 26.8 Å². The van der Waals surface area contributed by atoms with Gasteiger partial charge in [0.2, 0.25) is 5.91 Å². The molecule has 1 heterocycles. The standard InChI is InChI=1S/C12H25N3O2/c1-15-6-5-10(9-15)8-14-12(16)11(13)4-3-7-17-2/h10-11H,3-9,13H2,1-2H3,(H,14,16). The maximum absolute atomic E-state index is 11.7. The zero-order valence-electron chi connectivity index (χ0n) is 10.9. The highest BCUT2D eigenvalue weighted by molar-refractivity contribution is 5.81. The Bertz CT molecular complexity index is 236. The third kappa shape index (κ3) is 5.48. The van der Waals surface area contributed by atoms with E-state index in [2.05, 4.69) is 17.3 Å². The first-order chi connectivity index (χ1) is 8.13. The molecule has 0 aromatic carbocycles. The molecule has 2 atom stereocenters. The van der Waals surface area contributed by atoms with Gasteiger partial charge in [0.1, 0.15) is 0 Å². The zero-order chi connectivity index (χ0) is 12.7. The van der Waals surface area contributed by atoms with Gasteiger partial charge in [-0.3, -0.25) is 4.79 Å². The van der Waals surface area contributed by atoms with Gasteiger partial charge in [0.25, 0.3) is 0 Å². The van der Waals surface area contributed by atoms with Crippen LogP contribution in [0.5, 0.6) is 0 Å². The molecule has 0 spiro atoms. The molecule has 0 aromatic rings. The predicted molar refractivity (Wildman–Crippen MR) is 67.7 cm³/mol. The Hall–Kier alpha value is -0.650. The van der Waals surface area contributed by atoms with Gasteiger partial charge >= 0.3 is 0 Å². The van der Waals surface area contributed by atoms with E-state index in [-0.39, 0.29) is 5.91 Å². The molecule has 100 valence electrons. The zero-order valence-corrected chi connectivity index (χ0v) is 10.9. The SMILES string of the molecule is COCCCC(N)C(=O)NCC1CCN(C)C1. The van der Waals surface area contributed by atoms with E-state index >= 15 is 0 Å². The Balaban J connectivity index is 2.11. The molecular weight excluding hydrogens is 218 g/mol. The number of carbonyl (C=O) groups excluding carboxylic acids is 1. The molecule has 0 radical (unpaired) electrons. The summed E-state index contributed by atoms with van der Waals surface area (Å²) in [7, 11) is 3.76. The molecular formula is C12H25N3O2. The second-order valence-electron chi connectivity index (χ2n) is 4.90. The summed E-state index contributed by atoms with van der Waals surface area (Å²) in [4.78, 5) is 14.0. The fourth-order valence-corrected chi connectivity index (χ4v) is 2.15. The van der Waals surface area contributed by atoms with Crippen LogP contribution in [0.3, 0.4) is 0 Å². The monoisotopic (exact) mass is 243 g/mol. The third-order valence-corrected chi connectivity index (χ3v) is 3.25. The molecule has 0 aromatic heterocycles. The molecule has 5 nitrogen and oxygen atoms in total. The van der Waals surface area contributed by atoms with Crippen molar-refractivity contribution in [2.24, 2.45) is 11.7 Å². The summed E-state index contributed by atoms with van der Waals surface area (Å²) in [6.45, 7) is 3.61. The second kappa shape index (κ2) is 7.63. The van der Waals surface area contributed by atoms with Crippen LogP contribution in [0, 0.1) is 5.92 Å². The molecule has 3 N–H and O–H groups in total. The summed E-state index contributed by atoms with van der Waals surface area (Å²) < 4.78 is 4.93. The molecule has 1 aliphatic rings. The first kappa shape index (κ1) is 14.4. The molecule has 17 heavy (non-hydrogen) atoms. The van der Waals surface area contributed by atoms with Crippen molar-refractivity contribution in [3.8, 4) is 0 Å². The van der Waals surface area contributed by atoms with E-state index < -0.39 is 6.04 Å². The number of nitrogens with two attached hydrogens (primary N) is 1. The molecule has 1 fully saturated rings. The molecule has 5 heteroatoms. The number of hydrogen-bond donors (Lipinski definition) is 2. The lowest BCUT2D eigenvalue weighted by molar-refractivity contribution is -0.122. The summed E-state index contributed by atoms with van der Waals surface area (Å²) in [5.74, 6) is 0.547. The first-order valence-electron chi connectivity index (χ1n) is 6.34. The quantitative estimate of drug-likeness (QED) is 0.608. The minimum Gasteiger partial charge on any atom is -0.385 e. The number of likely N-dealkylation sites (tertiary alicyclic amines) is 1. The number of hydrogen-bond acceptors (Lipinski definition) is 4. The van der Waals surface area contributed by atoms with Gasteiger partial charge < -0.3 is 20.7 Å². The van der Waals surface area contributed by atoms with Crippen LogP contribution in [-0.2, 0) is 9.53 Å². The lowest BCUT2D eigenvalue weighted by Crippen LogP contribution is -2.42. The van der Waals surface area contributed by atoms with Gasteiger partial charge in [-0.05, 0) is 38.8 Å². The summed E-state index contributed by atoms with van der Waals surface area (Å²) in [6.07, 6.45) is 2.68. The number of amides is 1. The largest absolute Gasteiger partial charge is 0.385 e. The van der Waals surface area contributed by atoms with Crippen molar-refractivity contribution >= 4 is 5.91 Å². The van der Waals surface area contributed by atoms with E-state index in [9.17, 15) is 4.79 Å². The van der Waals surface area contributed by atoms with Crippen LogP contribution in [0.25, 0.3) is 0 Å². The van der Waals surface area contributed by atoms with Crippen molar-refractivity contribution in [2.45, 2.75) is 25.3 Å². The first-order valence-corrected chi connectivity index (χ1v) is 6.34. The molecule has 0 aliphatic carbocycles. The van der Waals surface area contributed by atoms with Crippen LogP contribution in [0.4, 0.5) is 0 Å². The number of methoxy groups -OCH3 is 1. The summed E-state index contributed by atoms with van der Waals surface area (Å²) in [6, 6.07) is -0.399. The Morgan fingerprint density at radius 3 is 3.00 bits per heavy atom. The van der Waals surface area contributed by atoms with E-state index in [0.29, 0.717) is 18.9 Å². The molecule has 1 rings (SSSR count). The van der Waals surface area contributed by atoms with Crippen LogP contribution >= 0.6 is 0 Å². The highest BCUT2D eigenvalue weighted by atomic mass is 16.5. The van der Waals surface area contributed by atoms with Crippen LogP contribution in [0.2, 0.25) is 0 Å². The van der Waals surface area contributed by atoms with Crippen LogP contribution in [-0.4, -0.2) is 57.2 Å². The third-order valence-electron chi connectivity index (χ3n) is 3.25. The molecule has 1 saturated heterocycles. The minimum atomic E-state index is -0.399. The van der Waals surface area contributed by atoms with Crippen molar-refractivity contribution in [3.05, 3.63) is 0 Å². The molecule has 1 aliphatic heterocycles. The van der Waals surface area contributed by atoms with E-state index in [0.717, 1.165) is 32.5 Å². The van der Waals surface area contributed by atoms with E-state index in [1.54, 1.807) is 7.11 Å². The molecule has 1 amide bonds. The van der Waals surface area contributed by atoms with Crippen LogP contribution in [0.15, 0.2) is 0 Å². The fraction of sp³-hybridized carbons (Fsp3) is 0.917. The van der Waals surface area contributed by atoms with Gasteiger partial charge in [-0.2, -0.15) is 0 Å². The number of ether oxygens (including phenoxy) is 1. The number of nitrogens with zero attached hydrogens (tertiary/aromatic N) is 1. The molecule has 0 bridgehead atoms. The number of carbonyl (C=O) groups is 1. The van der Waals surface area contributed by atoms with Gasteiger partial charge in [-0.15, -0.1) is 0 Å². The predicted octanol–water partition coefficient (Wildman–Crippen LogP) is -0.192. The Kier molecular flexibility index (Phi) is 6.47. The number of nitrogens with one attached hydrogen (secondary N) is 1. The van der Waals surface area contributed by atoms with Gasteiger partial charge in [0.15, 0.2) is 0 Å². The lowest BCUT2D eigenvalue weighted by Gasteiger charge is -2.15. The molecule has 0 saturated carbocycles. The van der Waals surface area contributed by atoms with Crippen molar-refractivity contribution < 1.29 is 9.53 Å². The smallest absolute Gasteiger partial charge is 0.236 e. The van der Waals surface area contributed by atoms with Crippen LogP contribution < -0.4 is 11.1 Å². The highest BCUT2D eigenvalue weighted by Gasteiger charge is 2.21. The lowest BCUT2D eigenvalue weighted by atomic mass is 10.1. The van der Waals surface area contributed by atoms with Gasteiger partial charge in [0.05, 0.1) is 6.04 Å². The van der Waals surface area contributed by atoms with Crippen molar-refractivity contribution in [2.75, 3.05) is 40.4 Å². The maximum Gasteiger partial charge on any atom is 0.236 e. The Labute approximate surface area is 104 Å².